The molecule has 0 unspecified atom stereocenters. The molecule has 0 aliphatic rings. The van der Waals surface area contributed by atoms with E-state index in [4.69, 9.17) is 5.26 Å². The minimum Gasteiger partial charge on any atom is -0.205 e. The van der Waals surface area contributed by atoms with Crippen LogP contribution < -0.4 is 0 Å². The Morgan fingerprint density at radius 3 is 3.00 bits per heavy atom. The molecule has 0 bridgehead atoms. The van der Waals surface area contributed by atoms with Gasteiger partial charge in [0.2, 0.25) is 0 Å². The fraction of sp³-hybridized carbons (Fsp3) is 0.100. The number of nitriles is 1. The summed E-state index contributed by atoms with van der Waals surface area (Å²) in [4.78, 5) is 0.902. The summed E-state index contributed by atoms with van der Waals surface area (Å²) >= 11 is 4.59. The monoisotopic (exact) mass is 269 g/mol. The van der Waals surface area contributed by atoms with Gasteiger partial charge in [-0.2, -0.15) is 5.26 Å². The molecule has 2 aromatic rings. The van der Waals surface area contributed by atoms with Gasteiger partial charge < -0.3 is 0 Å². The summed E-state index contributed by atoms with van der Waals surface area (Å²) in [5.41, 5.74) is 0. The maximum absolute atomic E-state index is 13.5. The summed E-state index contributed by atoms with van der Waals surface area (Å²) in [7, 11) is 0. The fourth-order valence-electron chi connectivity index (χ4n) is 1.27. The van der Waals surface area contributed by atoms with E-state index in [1.165, 1.54) is 11.3 Å². The fourth-order valence-corrected chi connectivity index (χ4v) is 2.61. The molecule has 1 aromatic carbocycles. The average molecular weight is 270 g/mol. The average Bonchev–Trinajstić information content (AvgIpc) is 2.56. The van der Waals surface area contributed by atoms with Crippen LogP contribution in [0.4, 0.5) is 4.39 Å². The van der Waals surface area contributed by atoms with Crippen molar-refractivity contribution in [3.63, 3.8) is 0 Å². The van der Waals surface area contributed by atoms with Gasteiger partial charge in [0.25, 0.3) is 0 Å². The molecular weight excluding hydrogens is 265 g/mol. The SMILES string of the molecule is N#CCc1cc2c(F)c(Br)ccc2s1. The van der Waals surface area contributed by atoms with Gasteiger partial charge in [-0.3, -0.25) is 0 Å². The molecule has 4 heteroatoms. The van der Waals surface area contributed by atoms with E-state index in [0.29, 0.717) is 16.3 Å². The highest BCUT2D eigenvalue weighted by atomic mass is 79.9. The van der Waals surface area contributed by atoms with E-state index in [1.54, 1.807) is 12.1 Å². The lowest BCUT2D eigenvalue weighted by Gasteiger charge is -1.93. The Kier molecular flexibility index (Phi) is 2.53. The first kappa shape index (κ1) is 9.63. The minimum absolute atomic E-state index is 0.247. The predicted octanol–water partition coefficient (Wildman–Crippen LogP) is 3.87. The van der Waals surface area contributed by atoms with Crippen LogP contribution in [0.3, 0.4) is 0 Å². The highest BCUT2D eigenvalue weighted by Crippen LogP contribution is 2.31. The topological polar surface area (TPSA) is 23.8 Å². The van der Waals surface area contributed by atoms with Crippen LogP contribution in [0.1, 0.15) is 4.88 Å². The van der Waals surface area contributed by atoms with Crippen LogP contribution in [0.2, 0.25) is 0 Å². The normalized spacial score (nSPS) is 10.4. The van der Waals surface area contributed by atoms with E-state index in [0.717, 1.165) is 9.58 Å². The standard InChI is InChI=1S/C10H5BrFNS/c11-8-1-2-9-7(10(8)12)5-6(14-9)3-4-13/h1-2,5H,3H2. The molecule has 0 aliphatic heterocycles. The van der Waals surface area contributed by atoms with Crippen molar-refractivity contribution in [2.45, 2.75) is 6.42 Å². The lowest BCUT2D eigenvalue weighted by molar-refractivity contribution is 0.633. The maximum atomic E-state index is 13.5. The number of rotatable bonds is 1. The first-order valence-electron chi connectivity index (χ1n) is 3.95. The van der Waals surface area contributed by atoms with Gasteiger partial charge in [-0.05, 0) is 34.1 Å². The van der Waals surface area contributed by atoms with Crippen molar-refractivity contribution in [3.8, 4) is 6.07 Å². The molecule has 70 valence electrons. The summed E-state index contributed by atoms with van der Waals surface area (Å²) in [6.07, 6.45) is 0.344. The number of thiophene rings is 1. The lowest BCUT2D eigenvalue weighted by atomic mass is 10.2. The summed E-state index contributed by atoms with van der Waals surface area (Å²) in [5, 5.41) is 9.11. The Morgan fingerprint density at radius 2 is 2.29 bits per heavy atom. The molecule has 14 heavy (non-hydrogen) atoms. The molecule has 1 nitrogen and oxygen atoms in total. The van der Waals surface area contributed by atoms with Crippen LogP contribution in [0.25, 0.3) is 10.1 Å². The quantitative estimate of drug-likeness (QED) is 0.771. The van der Waals surface area contributed by atoms with Crippen molar-refractivity contribution in [1.29, 1.82) is 5.26 Å². The zero-order valence-corrected chi connectivity index (χ0v) is 9.45. The van der Waals surface area contributed by atoms with Crippen molar-refractivity contribution >= 4 is 37.4 Å². The van der Waals surface area contributed by atoms with Crippen molar-refractivity contribution in [3.05, 3.63) is 33.4 Å². The van der Waals surface area contributed by atoms with Crippen LogP contribution >= 0.6 is 27.3 Å². The zero-order valence-electron chi connectivity index (χ0n) is 7.05. The summed E-state index contributed by atoms with van der Waals surface area (Å²) in [6, 6.07) is 7.33. The van der Waals surface area contributed by atoms with E-state index in [1.807, 2.05) is 6.07 Å². The zero-order chi connectivity index (χ0) is 10.1. The third kappa shape index (κ3) is 1.54. The van der Waals surface area contributed by atoms with Gasteiger partial charge in [0.05, 0.1) is 17.0 Å². The predicted molar refractivity (Wildman–Crippen MR) is 58.8 cm³/mol. The molecule has 0 fully saturated rings. The molecule has 2 rings (SSSR count). The molecule has 0 N–H and O–H groups in total. The number of halogens is 2. The van der Waals surface area contributed by atoms with Crippen molar-refractivity contribution < 1.29 is 4.39 Å². The second kappa shape index (κ2) is 3.68. The Hall–Kier alpha value is -0.920. The van der Waals surface area contributed by atoms with Gasteiger partial charge in [0.1, 0.15) is 5.82 Å². The number of hydrogen-bond acceptors (Lipinski definition) is 2. The van der Waals surface area contributed by atoms with E-state index in [9.17, 15) is 4.39 Å². The molecule has 0 amide bonds. The third-order valence-electron chi connectivity index (χ3n) is 1.89. The van der Waals surface area contributed by atoms with Gasteiger partial charge in [-0.1, -0.05) is 0 Å². The van der Waals surface area contributed by atoms with Crippen LogP contribution in [0.5, 0.6) is 0 Å². The maximum Gasteiger partial charge on any atom is 0.146 e. The summed E-state index contributed by atoms with van der Waals surface area (Å²) in [6.45, 7) is 0. The van der Waals surface area contributed by atoms with Crippen molar-refractivity contribution in [2.24, 2.45) is 0 Å². The smallest absolute Gasteiger partial charge is 0.146 e. The molecule has 0 radical (unpaired) electrons. The Balaban J connectivity index is 2.66. The number of nitrogens with zero attached hydrogens (tertiary/aromatic N) is 1. The number of hydrogen-bond donors (Lipinski definition) is 0. The Labute approximate surface area is 92.9 Å². The van der Waals surface area contributed by atoms with Crippen molar-refractivity contribution in [1.82, 2.24) is 0 Å². The van der Waals surface area contributed by atoms with Crippen LogP contribution in [-0.4, -0.2) is 0 Å². The van der Waals surface area contributed by atoms with Gasteiger partial charge in [0.15, 0.2) is 0 Å². The van der Waals surface area contributed by atoms with Crippen molar-refractivity contribution in [2.75, 3.05) is 0 Å². The van der Waals surface area contributed by atoms with Gasteiger partial charge >= 0.3 is 0 Å². The molecule has 1 heterocycles. The van der Waals surface area contributed by atoms with E-state index in [-0.39, 0.29) is 5.82 Å². The van der Waals surface area contributed by atoms with E-state index in [2.05, 4.69) is 22.0 Å². The number of benzene rings is 1. The third-order valence-corrected chi connectivity index (χ3v) is 3.61. The second-order valence-electron chi connectivity index (χ2n) is 2.82. The first-order chi connectivity index (χ1) is 6.72. The molecule has 0 saturated carbocycles. The molecular formula is C10H5BrFNS. The molecule has 0 atom stereocenters. The molecule has 0 aliphatic carbocycles. The van der Waals surface area contributed by atoms with Crippen LogP contribution in [-0.2, 0) is 6.42 Å². The molecule has 1 aromatic heterocycles. The second-order valence-corrected chi connectivity index (χ2v) is 4.84. The van der Waals surface area contributed by atoms with Crippen LogP contribution in [0, 0.1) is 17.1 Å². The molecule has 0 saturated heterocycles. The van der Waals surface area contributed by atoms with Gasteiger partial charge in [-0.15, -0.1) is 11.3 Å². The summed E-state index contributed by atoms with van der Waals surface area (Å²) in [5.74, 6) is -0.247. The van der Waals surface area contributed by atoms with Gasteiger partial charge in [0, 0.05) is 15.0 Å². The van der Waals surface area contributed by atoms with Crippen LogP contribution in [0.15, 0.2) is 22.7 Å². The van der Waals surface area contributed by atoms with E-state index >= 15 is 0 Å². The molecule has 0 spiro atoms. The summed E-state index contributed by atoms with van der Waals surface area (Å²) < 4.78 is 14.9. The van der Waals surface area contributed by atoms with E-state index < -0.39 is 0 Å². The Morgan fingerprint density at radius 1 is 1.50 bits per heavy atom. The highest BCUT2D eigenvalue weighted by Gasteiger charge is 2.08. The lowest BCUT2D eigenvalue weighted by Crippen LogP contribution is -1.76. The Bertz CT molecular complexity index is 527. The number of fused-ring (bicyclic) bond motifs is 1. The van der Waals surface area contributed by atoms with Gasteiger partial charge in [-0.25, -0.2) is 4.39 Å². The highest BCUT2D eigenvalue weighted by molar-refractivity contribution is 9.10. The largest absolute Gasteiger partial charge is 0.205 e. The first-order valence-corrected chi connectivity index (χ1v) is 5.56. The minimum atomic E-state index is -0.247.